The van der Waals surface area contributed by atoms with Crippen LogP contribution < -0.4 is 0 Å². The first-order valence-electron chi connectivity index (χ1n) is 5.89. The van der Waals surface area contributed by atoms with Crippen LogP contribution in [-0.2, 0) is 14.3 Å². The predicted octanol–water partition coefficient (Wildman–Crippen LogP) is 2.11. The minimum Gasteiger partial charge on any atom is -0.452 e. The van der Waals surface area contributed by atoms with Gasteiger partial charge < -0.3 is 4.74 Å². The van der Waals surface area contributed by atoms with Crippen molar-refractivity contribution in [3.8, 4) is 12.3 Å². The number of hydrogen-bond donors (Lipinski definition) is 0. The van der Waals surface area contributed by atoms with E-state index in [2.05, 4.69) is 5.92 Å². The van der Waals surface area contributed by atoms with Crippen LogP contribution in [0.5, 0.6) is 0 Å². The summed E-state index contributed by atoms with van der Waals surface area (Å²) < 4.78 is 4.84. The van der Waals surface area contributed by atoms with E-state index in [0.29, 0.717) is 19.3 Å². The van der Waals surface area contributed by atoms with Gasteiger partial charge in [0.15, 0.2) is 6.61 Å². The lowest BCUT2D eigenvalue weighted by Crippen LogP contribution is -2.15. The number of carbonyl (C=O) groups excluding carboxylic acids is 2. The van der Waals surface area contributed by atoms with Gasteiger partial charge in [0.2, 0.25) is 0 Å². The van der Waals surface area contributed by atoms with Crippen LogP contribution >= 0.6 is 0 Å². The Morgan fingerprint density at radius 3 is 2.88 bits per heavy atom. The Morgan fingerprint density at radius 2 is 2.24 bits per heavy atom. The molecule has 0 bridgehead atoms. The average molecular weight is 234 g/mol. The zero-order chi connectivity index (χ0) is 12.7. The molecule has 0 aromatic rings. The Bertz CT molecular complexity index is 349. The number of ether oxygens (including phenoxy) is 1. The second kappa shape index (κ2) is 6.90. The first kappa shape index (κ1) is 13.5. The van der Waals surface area contributed by atoms with Crippen molar-refractivity contribution in [2.45, 2.75) is 32.6 Å². The second-order valence-electron chi connectivity index (χ2n) is 4.34. The number of rotatable bonds is 5. The molecule has 3 heteroatoms. The summed E-state index contributed by atoms with van der Waals surface area (Å²) in [6.07, 6.45) is 11.3. The molecule has 17 heavy (non-hydrogen) atoms. The lowest BCUT2D eigenvalue weighted by atomic mass is 9.90. The summed E-state index contributed by atoms with van der Waals surface area (Å²) in [5.74, 6) is 2.59. The quantitative estimate of drug-likeness (QED) is 0.416. The SMILES string of the molecule is C#CCOC(=O)CC1CC(=O)CC1C/C=C\C. The number of allylic oxidation sites excluding steroid dienone is 2. The van der Waals surface area contributed by atoms with E-state index >= 15 is 0 Å². The predicted molar refractivity (Wildman–Crippen MR) is 65.1 cm³/mol. The molecule has 0 N–H and O–H groups in total. The number of ketones is 1. The summed E-state index contributed by atoms with van der Waals surface area (Å²) in [6.45, 7) is 1.96. The van der Waals surface area contributed by atoms with Crippen molar-refractivity contribution in [2.24, 2.45) is 11.8 Å². The third-order valence-corrected chi connectivity index (χ3v) is 3.07. The Balaban J connectivity index is 2.47. The molecule has 0 radical (unpaired) electrons. The molecule has 2 atom stereocenters. The summed E-state index contributed by atoms with van der Waals surface area (Å²) >= 11 is 0. The Hall–Kier alpha value is -1.56. The number of esters is 1. The summed E-state index contributed by atoms with van der Waals surface area (Å²) in [4.78, 5) is 22.9. The fourth-order valence-corrected chi connectivity index (χ4v) is 2.22. The number of Topliss-reactive ketones (excluding diaryl/α,β-unsaturated/α-hetero) is 1. The Kier molecular flexibility index (Phi) is 5.48. The monoisotopic (exact) mass is 234 g/mol. The molecule has 0 spiro atoms. The van der Waals surface area contributed by atoms with Gasteiger partial charge in [-0.2, -0.15) is 0 Å². The Morgan fingerprint density at radius 1 is 1.53 bits per heavy atom. The van der Waals surface area contributed by atoms with Crippen molar-refractivity contribution < 1.29 is 14.3 Å². The molecule has 0 saturated heterocycles. The van der Waals surface area contributed by atoms with Crippen LogP contribution in [0.2, 0.25) is 0 Å². The largest absolute Gasteiger partial charge is 0.452 e. The number of terminal acetylenes is 1. The molecule has 1 aliphatic carbocycles. The summed E-state index contributed by atoms with van der Waals surface area (Å²) in [7, 11) is 0. The summed E-state index contributed by atoms with van der Waals surface area (Å²) in [5, 5.41) is 0. The molecule has 1 fully saturated rings. The second-order valence-corrected chi connectivity index (χ2v) is 4.34. The normalized spacial score (nSPS) is 23.9. The van der Waals surface area contributed by atoms with Crippen molar-refractivity contribution in [3.05, 3.63) is 12.2 Å². The van der Waals surface area contributed by atoms with Gasteiger partial charge in [-0.15, -0.1) is 6.42 Å². The van der Waals surface area contributed by atoms with E-state index in [0.717, 1.165) is 6.42 Å². The van der Waals surface area contributed by atoms with Crippen molar-refractivity contribution in [3.63, 3.8) is 0 Å². The van der Waals surface area contributed by atoms with Gasteiger partial charge in [-0.1, -0.05) is 18.1 Å². The highest BCUT2D eigenvalue weighted by Gasteiger charge is 2.33. The van der Waals surface area contributed by atoms with E-state index < -0.39 is 0 Å². The highest BCUT2D eigenvalue weighted by molar-refractivity contribution is 5.82. The van der Waals surface area contributed by atoms with E-state index in [1.54, 1.807) is 0 Å². The van der Waals surface area contributed by atoms with Crippen LogP contribution in [0.15, 0.2) is 12.2 Å². The summed E-state index contributed by atoms with van der Waals surface area (Å²) in [6, 6.07) is 0. The maximum atomic E-state index is 11.4. The molecule has 2 unspecified atom stereocenters. The first-order valence-corrected chi connectivity index (χ1v) is 5.89. The number of hydrogen-bond acceptors (Lipinski definition) is 3. The highest BCUT2D eigenvalue weighted by atomic mass is 16.5. The van der Waals surface area contributed by atoms with Gasteiger partial charge in [0.25, 0.3) is 0 Å². The molecule has 1 rings (SSSR count). The average Bonchev–Trinajstić information content (AvgIpc) is 2.64. The molecule has 0 amide bonds. The van der Waals surface area contributed by atoms with Crippen molar-refractivity contribution in [1.29, 1.82) is 0 Å². The van der Waals surface area contributed by atoms with Gasteiger partial charge in [0, 0.05) is 19.3 Å². The first-order chi connectivity index (χ1) is 8.17. The van der Waals surface area contributed by atoms with Crippen molar-refractivity contribution in [1.82, 2.24) is 0 Å². The molecule has 1 saturated carbocycles. The highest BCUT2D eigenvalue weighted by Crippen LogP contribution is 2.34. The lowest BCUT2D eigenvalue weighted by molar-refractivity contribution is -0.143. The van der Waals surface area contributed by atoms with Gasteiger partial charge in [0.1, 0.15) is 5.78 Å². The zero-order valence-corrected chi connectivity index (χ0v) is 10.1. The molecular formula is C14H18O3. The maximum absolute atomic E-state index is 11.4. The van der Waals surface area contributed by atoms with Crippen LogP contribution in [0.25, 0.3) is 0 Å². The molecular weight excluding hydrogens is 216 g/mol. The van der Waals surface area contributed by atoms with E-state index in [4.69, 9.17) is 11.2 Å². The molecule has 0 aliphatic heterocycles. The van der Waals surface area contributed by atoms with Gasteiger partial charge in [-0.25, -0.2) is 0 Å². The third kappa shape index (κ3) is 4.44. The number of carbonyl (C=O) groups is 2. The maximum Gasteiger partial charge on any atom is 0.307 e. The van der Waals surface area contributed by atoms with E-state index in [1.165, 1.54) is 0 Å². The minimum absolute atomic E-state index is 0.0129. The minimum atomic E-state index is -0.298. The summed E-state index contributed by atoms with van der Waals surface area (Å²) in [5.41, 5.74) is 0. The van der Waals surface area contributed by atoms with Gasteiger partial charge in [-0.3, -0.25) is 9.59 Å². The molecule has 0 heterocycles. The van der Waals surface area contributed by atoms with E-state index in [-0.39, 0.29) is 30.2 Å². The van der Waals surface area contributed by atoms with Crippen LogP contribution in [0.4, 0.5) is 0 Å². The van der Waals surface area contributed by atoms with Crippen LogP contribution in [0.1, 0.15) is 32.6 Å². The molecule has 0 aromatic heterocycles. The van der Waals surface area contributed by atoms with Gasteiger partial charge in [-0.05, 0) is 25.2 Å². The molecule has 92 valence electrons. The Labute approximate surface area is 102 Å². The fraction of sp³-hybridized carbons (Fsp3) is 0.571. The zero-order valence-electron chi connectivity index (χ0n) is 10.1. The fourth-order valence-electron chi connectivity index (χ4n) is 2.22. The van der Waals surface area contributed by atoms with Crippen LogP contribution in [0, 0.1) is 24.2 Å². The van der Waals surface area contributed by atoms with Crippen LogP contribution in [0.3, 0.4) is 0 Å². The molecule has 0 aromatic carbocycles. The topological polar surface area (TPSA) is 43.4 Å². The smallest absolute Gasteiger partial charge is 0.307 e. The van der Waals surface area contributed by atoms with Crippen molar-refractivity contribution >= 4 is 11.8 Å². The van der Waals surface area contributed by atoms with Crippen molar-refractivity contribution in [2.75, 3.05) is 6.61 Å². The standard InChI is InChI=1S/C14H18O3/c1-3-5-6-11-8-13(15)9-12(11)10-14(16)17-7-4-2/h2-3,5,11-12H,6-10H2,1H3/b5-3-. The molecule has 3 nitrogen and oxygen atoms in total. The van der Waals surface area contributed by atoms with E-state index in [1.807, 2.05) is 19.1 Å². The van der Waals surface area contributed by atoms with Gasteiger partial charge >= 0.3 is 5.97 Å². The molecule has 1 aliphatic rings. The van der Waals surface area contributed by atoms with E-state index in [9.17, 15) is 9.59 Å². The van der Waals surface area contributed by atoms with Crippen LogP contribution in [-0.4, -0.2) is 18.4 Å². The third-order valence-electron chi connectivity index (χ3n) is 3.07. The van der Waals surface area contributed by atoms with Gasteiger partial charge in [0.05, 0.1) is 0 Å². The lowest BCUT2D eigenvalue weighted by Gasteiger charge is -2.15.